The topological polar surface area (TPSA) is 112 Å². The normalized spacial score (nSPS) is 11.7. The molecule has 0 amide bonds. The van der Waals surface area contributed by atoms with Crippen LogP contribution in [-0.4, -0.2) is 29.8 Å². The van der Waals surface area contributed by atoms with E-state index in [-0.39, 0.29) is 23.7 Å². The fraction of sp³-hybridized carbons (Fsp3) is 0.200. The summed E-state index contributed by atoms with van der Waals surface area (Å²) in [4.78, 5) is 5.99. The van der Waals surface area contributed by atoms with Gasteiger partial charge in [0.2, 0.25) is 0 Å². The summed E-state index contributed by atoms with van der Waals surface area (Å²) in [5.74, 6) is -0.359. The van der Waals surface area contributed by atoms with Gasteiger partial charge < -0.3 is 10.2 Å². The Labute approximate surface area is 134 Å². The number of hydrogen-bond donors (Lipinski definition) is 3. The molecule has 122 valence electrons. The van der Waals surface area contributed by atoms with Crippen LogP contribution in [0.4, 0.5) is 0 Å². The highest BCUT2D eigenvalue weighted by molar-refractivity contribution is 7.88. The highest BCUT2D eigenvalue weighted by Gasteiger charge is 2.12. The molecule has 0 aliphatic rings. The number of hydrazone groups is 1. The van der Waals surface area contributed by atoms with E-state index in [1.54, 1.807) is 37.3 Å². The number of hydrogen-bond acceptors (Lipinski definition) is 6. The molecule has 1 aromatic carbocycles. The van der Waals surface area contributed by atoms with Gasteiger partial charge in [-0.25, -0.2) is 13.2 Å². The standard InChI is InChI=1S/C15H17N3O4S/c1-11-15(20)14(13(9-19)7-16-11)8-17-18-23(21,22)10-12-5-3-2-4-6-12/h2-8,18-20H,9-10H2,1H3/b17-8+. The molecular formula is C15H17N3O4S. The predicted molar refractivity (Wildman–Crippen MR) is 86.4 cm³/mol. The van der Waals surface area contributed by atoms with Crippen molar-refractivity contribution in [2.24, 2.45) is 5.10 Å². The van der Waals surface area contributed by atoms with Crippen LogP contribution >= 0.6 is 0 Å². The molecule has 1 heterocycles. The van der Waals surface area contributed by atoms with E-state index in [4.69, 9.17) is 0 Å². The molecule has 0 spiro atoms. The third kappa shape index (κ3) is 4.51. The number of rotatable bonds is 6. The number of nitrogens with zero attached hydrogens (tertiary/aromatic N) is 2. The molecule has 2 rings (SSSR count). The molecular weight excluding hydrogens is 318 g/mol. The first kappa shape index (κ1) is 16.9. The Kier molecular flexibility index (Phi) is 5.30. The lowest BCUT2D eigenvalue weighted by atomic mass is 10.1. The summed E-state index contributed by atoms with van der Waals surface area (Å²) in [6.07, 6.45) is 2.55. The number of sulfonamides is 1. The zero-order valence-corrected chi connectivity index (χ0v) is 13.3. The summed E-state index contributed by atoms with van der Waals surface area (Å²) >= 11 is 0. The highest BCUT2D eigenvalue weighted by Crippen LogP contribution is 2.21. The average Bonchev–Trinajstić information content (AvgIpc) is 2.52. The molecule has 0 atom stereocenters. The maximum absolute atomic E-state index is 11.9. The lowest BCUT2D eigenvalue weighted by Gasteiger charge is -2.07. The maximum Gasteiger partial charge on any atom is 0.251 e. The van der Waals surface area contributed by atoms with Crippen LogP contribution in [0, 0.1) is 6.92 Å². The van der Waals surface area contributed by atoms with Crippen LogP contribution in [0.15, 0.2) is 41.6 Å². The lowest BCUT2D eigenvalue weighted by molar-refractivity contribution is 0.280. The van der Waals surface area contributed by atoms with Crippen LogP contribution in [0.5, 0.6) is 5.75 Å². The van der Waals surface area contributed by atoms with Gasteiger partial charge in [-0.3, -0.25) is 4.98 Å². The second-order valence-electron chi connectivity index (χ2n) is 4.88. The van der Waals surface area contributed by atoms with E-state index < -0.39 is 10.0 Å². The molecule has 3 N–H and O–H groups in total. The molecule has 0 radical (unpaired) electrons. The number of aromatic hydroxyl groups is 1. The Morgan fingerprint density at radius 1 is 1.30 bits per heavy atom. The number of pyridine rings is 1. The van der Waals surface area contributed by atoms with Crippen molar-refractivity contribution in [3.05, 3.63) is 58.9 Å². The Morgan fingerprint density at radius 3 is 2.65 bits per heavy atom. The van der Waals surface area contributed by atoms with Gasteiger partial charge in [0.15, 0.2) is 0 Å². The fourth-order valence-electron chi connectivity index (χ4n) is 1.92. The quantitative estimate of drug-likeness (QED) is 0.539. The molecule has 8 heteroatoms. The van der Waals surface area contributed by atoms with Gasteiger partial charge in [-0.1, -0.05) is 30.3 Å². The van der Waals surface area contributed by atoms with Crippen LogP contribution < -0.4 is 4.83 Å². The van der Waals surface area contributed by atoms with Gasteiger partial charge in [0.25, 0.3) is 10.0 Å². The number of aryl methyl sites for hydroxylation is 1. The fourth-order valence-corrected chi connectivity index (χ4v) is 2.83. The summed E-state index contributed by atoms with van der Waals surface area (Å²) in [6.45, 7) is 1.24. The largest absolute Gasteiger partial charge is 0.505 e. The number of aliphatic hydroxyl groups is 1. The smallest absolute Gasteiger partial charge is 0.251 e. The summed E-state index contributed by atoms with van der Waals surface area (Å²) in [7, 11) is -3.65. The Hall–Kier alpha value is -2.45. The van der Waals surface area contributed by atoms with E-state index in [0.717, 1.165) is 6.21 Å². The molecule has 0 saturated heterocycles. The third-order valence-corrected chi connectivity index (χ3v) is 4.21. The molecule has 1 aromatic heterocycles. The first-order chi connectivity index (χ1) is 10.9. The molecule has 0 saturated carbocycles. The van der Waals surface area contributed by atoms with Crippen molar-refractivity contribution in [1.29, 1.82) is 0 Å². The zero-order valence-electron chi connectivity index (χ0n) is 12.5. The summed E-state index contributed by atoms with van der Waals surface area (Å²) in [6, 6.07) is 8.70. The summed E-state index contributed by atoms with van der Waals surface area (Å²) in [5.41, 5.74) is 1.56. The second-order valence-corrected chi connectivity index (χ2v) is 6.58. The molecule has 0 unspecified atom stereocenters. The minimum absolute atomic E-state index is 0.150. The van der Waals surface area contributed by atoms with Gasteiger partial charge in [0.05, 0.1) is 24.3 Å². The molecule has 23 heavy (non-hydrogen) atoms. The molecule has 7 nitrogen and oxygen atoms in total. The van der Waals surface area contributed by atoms with Gasteiger partial charge in [-0.2, -0.15) is 5.10 Å². The van der Waals surface area contributed by atoms with Crippen molar-refractivity contribution in [2.45, 2.75) is 19.3 Å². The average molecular weight is 335 g/mol. The molecule has 0 aliphatic carbocycles. The van der Waals surface area contributed by atoms with Gasteiger partial charge in [0, 0.05) is 17.3 Å². The van der Waals surface area contributed by atoms with Gasteiger partial charge >= 0.3 is 0 Å². The highest BCUT2D eigenvalue weighted by atomic mass is 32.2. The molecule has 0 aliphatic heterocycles. The van der Waals surface area contributed by atoms with Crippen LogP contribution in [0.2, 0.25) is 0 Å². The first-order valence-corrected chi connectivity index (χ1v) is 8.43. The summed E-state index contributed by atoms with van der Waals surface area (Å²) < 4.78 is 23.9. The van der Waals surface area contributed by atoms with Crippen molar-refractivity contribution < 1.29 is 18.6 Å². The van der Waals surface area contributed by atoms with Crippen molar-refractivity contribution in [2.75, 3.05) is 0 Å². The van der Waals surface area contributed by atoms with Crippen molar-refractivity contribution in [3.63, 3.8) is 0 Å². The van der Waals surface area contributed by atoms with Crippen molar-refractivity contribution in [3.8, 4) is 5.75 Å². The van der Waals surface area contributed by atoms with E-state index in [9.17, 15) is 18.6 Å². The van der Waals surface area contributed by atoms with Gasteiger partial charge in [-0.15, -0.1) is 0 Å². The number of benzene rings is 1. The third-order valence-electron chi connectivity index (χ3n) is 3.11. The number of aromatic nitrogens is 1. The predicted octanol–water partition coefficient (Wildman–Crippen LogP) is 1.04. The maximum atomic E-state index is 11.9. The monoisotopic (exact) mass is 335 g/mol. The summed E-state index contributed by atoms with van der Waals surface area (Å²) in [5, 5.41) is 22.8. The molecule has 0 fully saturated rings. The first-order valence-electron chi connectivity index (χ1n) is 6.77. The van der Waals surface area contributed by atoms with Crippen LogP contribution in [0.1, 0.15) is 22.4 Å². The van der Waals surface area contributed by atoms with E-state index >= 15 is 0 Å². The Balaban J connectivity index is 2.14. The van der Waals surface area contributed by atoms with Crippen molar-refractivity contribution in [1.82, 2.24) is 9.82 Å². The molecule has 2 aromatic rings. The minimum atomic E-state index is -3.65. The SMILES string of the molecule is Cc1ncc(CO)c(/C=N/NS(=O)(=O)Cc2ccccc2)c1O. The van der Waals surface area contributed by atoms with Crippen LogP contribution in [0.3, 0.4) is 0 Å². The van der Waals surface area contributed by atoms with E-state index in [0.29, 0.717) is 16.8 Å². The Morgan fingerprint density at radius 2 is 2.00 bits per heavy atom. The van der Waals surface area contributed by atoms with E-state index in [1.807, 2.05) is 0 Å². The minimum Gasteiger partial charge on any atom is -0.505 e. The van der Waals surface area contributed by atoms with E-state index in [1.165, 1.54) is 6.20 Å². The van der Waals surface area contributed by atoms with Crippen molar-refractivity contribution >= 4 is 16.2 Å². The molecule has 0 bridgehead atoms. The zero-order chi connectivity index (χ0) is 16.9. The number of nitrogens with one attached hydrogen (secondary N) is 1. The van der Waals surface area contributed by atoms with Gasteiger partial charge in [-0.05, 0) is 12.5 Å². The van der Waals surface area contributed by atoms with Crippen LogP contribution in [0.25, 0.3) is 0 Å². The van der Waals surface area contributed by atoms with Crippen LogP contribution in [-0.2, 0) is 22.4 Å². The second kappa shape index (κ2) is 7.21. The van der Waals surface area contributed by atoms with E-state index in [2.05, 4.69) is 14.9 Å². The number of aliphatic hydroxyl groups excluding tert-OH is 1. The Bertz CT molecular complexity index is 805. The van der Waals surface area contributed by atoms with Gasteiger partial charge in [0.1, 0.15) is 5.75 Å². The lowest BCUT2D eigenvalue weighted by Crippen LogP contribution is -2.20.